The Morgan fingerprint density at radius 1 is 1.00 bits per heavy atom. The highest BCUT2D eigenvalue weighted by molar-refractivity contribution is 5.98. The predicted molar refractivity (Wildman–Crippen MR) is 69.0 cm³/mol. The summed E-state index contributed by atoms with van der Waals surface area (Å²) >= 11 is 0. The van der Waals surface area contributed by atoms with Crippen LogP contribution in [-0.2, 0) is 9.59 Å². The number of amides is 2. The van der Waals surface area contributed by atoms with Crippen LogP contribution in [0.3, 0.4) is 0 Å². The SMILES string of the molecule is O=C(CCC(=O)c1ccccc1)NNC(=O)C1CC1. The van der Waals surface area contributed by atoms with Crippen molar-refractivity contribution in [1.82, 2.24) is 10.9 Å². The molecule has 2 N–H and O–H groups in total. The first-order valence-electron chi connectivity index (χ1n) is 6.34. The van der Waals surface area contributed by atoms with Gasteiger partial charge in [0, 0.05) is 24.3 Å². The van der Waals surface area contributed by atoms with Crippen LogP contribution >= 0.6 is 0 Å². The molecule has 1 aliphatic carbocycles. The summed E-state index contributed by atoms with van der Waals surface area (Å²) in [6.45, 7) is 0. The molecule has 1 aliphatic rings. The van der Waals surface area contributed by atoms with E-state index in [2.05, 4.69) is 10.9 Å². The third-order valence-corrected chi connectivity index (χ3v) is 2.95. The average Bonchev–Trinajstić information content (AvgIpc) is 3.27. The van der Waals surface area contributed by atoms with Crippen molar-refractivity contribution in [2.24, 2.45) is 5.92 Å². The number of carbonyl (C=O) groups excluding carboxylic acids is 3. The van der Waals surface area contributed by atoms with Crippen molar-refractivity contribution < 1.29 is 14.4 Å². The van der Waals surface area contributed by atoms with Gasteiger partial charge < -0.3 is 0 Å². The fraction of sp³-hybridized carbons (Fsp3) is 0.357. The fourth-order valence-corrected chi connectivity index (χ4v) is 1.64. The minimum atomic E-state index is -0.349. The summed E-state index contributed by atoms with van der Waals surface area (Å²) in [6.07, 6.45) is 1.97. The third-order valence-electron chi connectivity index (χ3n) is 2.95. The molecular formula is C14H16N2O3. The Morgan fingerprint density at radius 2 is 1.68 bits per heavy atom. The quantitative estimate of drug-likeness (QED) is 0.617. The first-order valence-corrected chi connectivity index (χ1v) is 6.34. The highest BCUT2D eigenvalue weighted by Gasteiger charge is 2.29. The van der Waals surface area contributed by atoms with Crippen LogP contribution in [0.4, 0.5) is 0 Å². The maximum Gasteiger partial charge on any atom is 0.241 e. The normalized spacial score (nSPS) is 13.7. The lowest BCUT2D eigenvalue weighted by atomic mass is 10.1. The van der Waals surface area contributed by atoms with Crippen molar-refractivity contribution >= 4 is 17.6 Å². The van der Waals surface area contributed by atoms with Gasteiger partial charge in [-0.25, -0.2) is 0 Å². The number of ketones is 1. The van der Waals surface area contributed by atoms with Crippen LogP contribution in [0.2, 0.25) is 0 Å². The lowest BCUT2D eigenvalue weighted by Crippen LogP contribution is -2.42. The van der Waals surface area contributed by atoms with Crippen molar-refractivity contribution in [3.8, 4) is 0 Å². The molecule has 0 unspecified atom stereocenters. The van der Waals surface area contributed by atoms with Gasteiger partial charge in [0.1, 0.15) is 0 Å². The molecule has 0 spiro atoms. The molecule has 0 heterocycles. The zero-order valence-electron chi connectivity index (χ0n) is 10.5. The predicted octanol–water partition coefficient (Wildman–Crippen LogP) is 1.21. The minimum Gasteiger partial charge on any atom is -0.294 e. The summed E-state index contributed by atoms with van der Waals surface area (Å²) in [7, 11) is 0. The number of rotatable bonds is 5. The third kappa shape index (κ3) is 4.21. The maximum atomic E-state index is 11.7. The molecule has 0 radical (unpaired) electrons. The summed E-state index contributed by atoms with van der Waals surface area (Å²) in [5.74, 6) is -0.531. The zero-order chi connectivity index (χ0) is 13.7. The Labute approximate surface area is 111 Å². The second-order valence-electron chi connectivity index (χ2n) is 4.60. The fourth-order valence-electron chi connectivity index (χ4n) is 1.64. The largest absolute Gasteiger partial charge is 0.294 e. The van der Waals surface area contributed by atoms with Crippen molar-refractivity contribution in [3.63, 3.8) is 0 Å². The first kappa shape index (κ1) is 13.3. The molecule has 0 aromatic heterocycles. The van der Waals surface area contributed by atoms with Crippen LogP contribution in [0, 0.1) is 5.92 Å². The standard InChI is InChI=1S/C14H16N2O3/c17-12(10-4-2-1-3-5-10)8-9-13(18)15-16-14(19)11-6-7-11/h1-5,11H,6-9H2,(H,15,18)(H,16,19). The number of nitrogens with one attached hydrogen (secondary N) is 2. The Morgan fingerprint density at radius 3 is 2.32 bits per heavy atom. The lowest BCUT2D eigenvalue weighted by molar-refractivity contribution is -0.129. The van der Waals surface area contributed by atoms with Crippen molar-refractivity contribution in [2.45, 2.75) is 25.7 Å². The second kappa shape index (κ2) is 6.13. The topological polar surface area (TPSA) is 75.3 Å². The van der Waals surface area contributed by atoms with Gasteiger partial charge in [-0.3, -0.25) is 25.2 Å². The Balaban J connectivity index is 1.68. The van der Waals surface area contributed by atoms with Crippen molar-refractivity contribution in [1.29, 1.82) is 0 Å². The lowest BCUT2D eigenvalue weighted by Gasteiger charge is -2.06. The van der Waals surface area contributed by atoms with Gasteiger partial charge in [-0.2, -0.15) is 0 Å². The van der Waals surface area contributed by atoms with Gasteiger partial charge in [0.2, 0.25) is 11.8 Å². The van der Waals surface area contributed by atoms with Crippen LogP contribution in [-0.4, -0.2) is 17.6 Å². The number of hydrazine groups is 1. The van der Waals surface area contributed by atoms with Gasteiger partial charge in [-0.1, -0.05) is 30.3 Å². The molecule has 1 saturated carbocycles. The highest BCUT2D eigenvalue weighted by Crippen LogP contribution is 2.28. The van der Waals surface area contributed by atoms with Crippen molar-refractivity contribution in [3.05, 3.63) is 35.9 Å². The summed E-state index contributed by atoms with van der Waals surface area (Å²) in [5, 5.41) is 0. The van der Waals surface area contributed by atoms with Gasteiger partial charge in [0.05, 0.1) is 0 Å². The minimum absolute atomic E-state index is 0.0475. The van der Waals surface area contributed by atoms with E-state index in [0.717, 1.165) is 12.8 Å². The second-order valence-corrected chi connectivity index (χ2v) is 4.60. The van der Waals surface area contributed by atoms with E-state index in [-0.39, 0.29) is 36.4 Å². The zero-order valence-corrected chi connectivity index (χ0v) is 10.5. The Kier molecular flexibility index (Phi) is 4.28. The average molecular weight is 260 g/mol. The molecular weight excluding hydrogens is 244 g/mol. The molecule has 1 aromatic rings. The van der Waals surface area contributed by atoms with Crippen LogP contribution in [0.25, 0.3) is 0 Å². The Hall–Kier alpha value is -2.17. The van der Waals surface area contributed by atoms with Crippen LogP contribution < -0.4 is 10.9 Å². The molecule has 100 valence electrons. The van der Waals surface area contributed by atoms with E-state index in [1.807, 2.05) is 6.07 Å². The first-order chi connectivity index (χ1) is 9.16. The van der Waals surface area contributed by atoms with Crippen LogP contribution in [0.1, 0.15) is 36.0 Å². The molecule has 2 amide bonds. The smallest absolute Gasteiger partial charge is 0.241 e. The molecule has 5 heteroatoms. The van der Waals surface area contributed by atoms with Gasteiger partial charge in [-0.05, 0) is 12.8 Å². The molecule has 0 bridgehead atoms. The summed E-state index contributed by atoms with van der Waals surface area (Å²) in [5.41, 5.74) is 5.27. The summed E-state index contributed by atoms with van der Waals surface area (Å²) < 4.78 is 0. The van der Waals surface area contributed by atoms with E-state index < -0.39 is 0 Å². The molecule has 0 atom stereocenters. The number of carbonyl (C=O) groups is 3. The van der Waals surface area contributed by atoms with E-state index in [0.29, 0.717) is 5.56 Å². The molecule has 0 aliphatic heterocycles. The summed E-state index contributed by atoms with van der Waals surface area (Å²) in [4.78, 5) is 34.5. The molecule has 0 saturated heterocycles. The number of Topliss-reactive ketones (excluding diaryl/α,β-unsaturated/α-hetero) is 1. The van der Waals surface area contributed by atoms with E-state index in [1.165, 1.54) is 0 Å². The van der Waals surface area contributed by atoms with E-state index >= 15 is 0 Å². The van der Waals surface area contributed by atoms with E-state index in [1.54, 1.807) is 24.3 Å². The maximum absolute atomic E-state index is 11.7. The summed E-state index contributed by atoms with van der Waals surface area (Å²) in [6, 6.07) is 8.83. The van der Waals surface area contributed by atoms with Gasteiger partial charge in [0.15, 0.2) is 5.78 Å². The number of hydrogen-bond acceptors (Lipinski definition) is 3. The van der Waals surface area contributed by atoms with Crippen LogP contribution in [0.15, 0.2) is 30.3 Å². The Bertz CT molecular complexity index is 481. The van der Waals surface area contributed by atoms with Gasteiger partial charge >= 0.3 is 0 Å². The number of benzene rings is 1. The molecule has 1 aromatic carbocycles. The highest BCUT2D eigenvalue weighted by atomic mass is 16.2. The molecule has 19 heavy (non-hydrogen) atoms. The van der Waals surface area contributed by atoms with E-state index in [9.17, 15) is 14.4 Å². The number of hydrogen-bond donors (Lipinski definition) is 2. The molecule has 5 nitrogen and oxygen atoms in total. The van der Waals surface area contributed by atoms with Crippen LogP contribution in [0.5, 0.6) is 0 Å². The van der Waals surface area contributed by atoms with Crippen molar-refractivity contribution in [2.75, 3.05) is 0 Å². The monoisotopic (exact) mass is 260 g/mol. The van der Waals surface area contributed by atoms with E-state index in [4.69, 9.17) is 0 Å². The molecule has 1 fully saturated rings. The molecule has 2 rings (SSSR count). The van der Waals surface area contributed by atoms with Gasteiger partial charge in [-0.15, -0.1) is 0 Å². The van der Waals surface area contributed by atoms with Gasteiger partial charge in [0.25, 0.3) is 0 Å².